The average Bonchev–Trinajstić information content (AvgIpc) is 2.68. The summed E-state index contributed by atoms with van der Waals surface area (Å²) in [4.78, 5) is 23.7. The maximum atomic E-state index is 13.1. The van der Waals surface area contributed by atoms with Crippen molar-refractivity contribution in [3.05, 3.63) is 28.7 Å². The molecule has 9 nitrogen and oxygen atoms in total. The van der Waals surface area contributed by atoms with Crippen LogP contribution in [0.25, 0.3) is 11.1 Å². The van der Waals surface area contributed by atoms with Crippen LogP contribution in [0.3, 0.4) is 0 Å². The molecule has 2 aromatic rings. The number of carbonyl (C=O) groups is 1. The highest BCUT2D eigenvalue weighted by molar-refractivity contribution is 7.89. The molecule has 1 amide bonds. The number of nitrogens with zero attached hydrogens (tertiary/aromatic N) is 2. The Hall–Kier alpha value is -2.17. The van der Waals surface area contributed by atoms with Gasteiger partial charge >= 0.3 is 5.76 Å². The zero-order chi connectivity index (χ0) is 17.8. The van der Waals surface area contributed by atoms with Crippen LogP contribution >= 0.6 is 0 Å². The Morgan fingerprint density at radius 3 is 2.80 bits per heavy atom. The number of carbonyl (C=O) groups excluding carboxylic acids is 1. The third kappa shape index (κ3) is 2.66. The lowest BCUT2D eigenvalue weighted by Crippen LogP contribution is -2.44. The van der Waals surface area contributed by atoms with Gasteiger partial charge in [0.05, 0.1) is 35.6 Å². The Labute approximate surface area is 143 Å². The van der Waals surface area contributed by atoms with Gasteiger partial charge in [0.15, 0.2) is 5.58 Å². The molecule has 2 aliphatic heterocycles. The summed E-state index contributed by atoms with van der Waals surface area (Å²) in [6, 6.07) is 3.92. The Morgan fingerprint density at radius 1 is 1.20 bits per heavy atom. The number of amides is 1. The number of aromatic nitrogens is 1. The Kier molecular flexibility index (Phi) is 3.71. The SMILES string of the molecule is Cn1c(=O)oc2ccc(S(=O)(=O)N3C[C@H]4COC[C@@H](C3)C(=O)N4)cc21. The van der Waals surface area contributed by atoms with Crippen LogP contribution in [0.4, 0.5) is 0 Å². The van der Waals surface area contributed by atoms with Crippen LogP contribution < -0.4 is 11.1 Å². The smallest absolute Gasteiger partial charge is 0.408 e. The van der Waals surface area contributed by atoms with Crippen molar-refractivity contribution in [2.75, 3.05) is 26.3 Å². The molecular formula is C15H17N3O6S. The predicted octanol–water partition coefficient (Wildman–Crippen LogP) is -0.733. The van der Waals surface area contributed by atoms with E-state index in [1.54, 1.807) is 0 Å². The van der Waals surface area contributed by atoms with Gasteiger partial charge in [0.25, 0.3) is 0 Å². The van der Waals surface area contributed by atoms with E-state index in [1.165, 1.54) is 34.1 Å². The average molecular weight is 367 g/mol. The Bertz CT molecular complexity index is 1010. The largest absolute Gasteiger partial charge is 0.419 e. The van der Waals surface area contributed by atoms with Gasteiger partial charge in [-0.3, -0.25) is 9.36 Å². The number of hydrogen-bond donors (Lipinski definition) is 1. The number of benzene rings is 1. The molecule has 0 unspecified atom stereocenters. The molecule has 0 spiro atoms. The minimum absolute atomic E-state index is 0.0599. The molecule has 1 aromatic heterocycles. The summed E-state index contributed by atoms with van der Waals surface area (Å²) in [6.07, 6.45) is 0. The number of aryl methyl sites for hydroxylation is 1. The predicted molar refractivity (Wildman–Crippen MR) is 86.5 cm³/mol. The van der Waals surface area contributed by atoms with Crippen LogP contribution in [0.15, 0.2) is 32.3 Å². The van der Waals surface area contributed by atoms with Gasteiger partial charge < -0.3 is 14.5 Å². The number of fused-ring (bicyclic) bond motifs is 4. The number of oxazole rings is 1. The van der Waals surface area contributed by atoms with Gasteiger partial charge in [0.1, 0.15) is 0 Å². The molecular weight excluding hydrogens is 350 g/mol. The maximum Gasteiger partial charge on any atom is 0.419 e. The van der Waals surface area contributed by atoms with Crippen molar-refractivity contribution in [2.24, 2.45) is 13.0 Å². The Morgan fingerprint density at radius 2 is 2.00 bits per heavy atom. The van der Waals surface area contributed by atoms with Crippen LogP contribution in [0.2, 0.25) is 0 Å². The summed E-state index contributed by atoms with van der Waals surface area (Å²) in [6.45, 7) is 0.688. The molecule has 1 N–H and O–H groups in total. The standard InChI is InChI=1S/C15H17N3O6S/c1-17-12-4-11(2-3-13(12)24-15(17)20)25(21,22)18-5-9-7-23-8-10(6-18)16-14(9)19/h2-4,9-10H,5-8H2,1H3,(H,16,19)/t9-,10+/m1/s1. The van der Waals surface area contributed by atoms with Crippen molar-refractivity contribution in [3.63, 3.8) is 0 Å². The van der Waals surface area contributed by atoms with Gasteiger partial charge in [-0.1, -0.05) is 0 Å². The van der Waals surface area contributed by atoms with E-state index in [0.717, 1.165) is 0 Å². The minimum Gasteiger partial charge on any atom is -0.408 e. The van der Waals surface area contributed by atoms with Crippen LogP contribution in [0.1, 0.15) is 0 Å². The first-order chi connectivity index (χ1) is 11.9. The first-order valence-corrected chi connectivity index (χ1v) is 9.28. The highest BCUT2D eigenvalue weighted by Crippen LogP contribution is 2.24. The summed E-state index contributed by atoms with van der Waals surface area (Å²) in [5.74, 6) is -1.28. The fourth-order valence-corrected chi connectivity index (χ4v) is 4.75. The molecule has 2 aliphatic rings. The van der Waals surface area contributed by atoms with Crippen LogP contribution in [0.5, 0.6) is 0 Å². The van der Waals surface area contributed by atoms with E-state index in [9.17, 15) is 18.0 Å². The highest BCUT2D eigenvalue weighted by Gasteiger charge is 2.38. The third-order valence-corrected chi connectivity index (χ3v) is 6.43. The summed E-state index contributed by atoms with van der Waals surface area (Å²) < 4.78 is 39.2. The fourth-order valence-electron chi connectivity index (χ4n) is 3.20. The second-order valence-electron chi connectivity index (χ2n) is 6.32. The van der Waals surface area contributed by atoms with E-state index in [1.807, 2.05) is 0 Å². The van der Waals surface area contributed by atoms with E-state index in [2.05, 4.69) is 5.32 Å². The van der Waals surface area contributed by atoms with Gasteiger partial charge in [-0.2, -0.15) is 4.31 Å². The summed E-state index contributed by atoms with van der Waals surface area (Å²) in [7, 11) is -2.31. The summed E-state index contributed by atoms with van der Waals surface area (Å²) >= 11 is 0. The van der Waals surface area contributed by atoms with Gasteiger partial charge in [-0.25, -0.2) is 13.2 Å². The molecule has 10 heteroatoms. The van der Waals surface area contributed by atoms with Crippen molar-refractivity contribution in [1.82, 2.24) is 14.2 Å². The molecule has 2 atom stereocenters. The first-order valence-electron chi connectivity index (χ1n) is 7.84. The Balaban J connectivity index is 1.75. The molecule has 0 radical (unpaired) electrons. The molecule has 134 valence electrons. The quantitative estimate of drug-likeness (QED) is 0.749. The second kappa shape index (κ2) is 5.68. The molecule has 3 heterocycles. The number of sulfonamides is 1. The number of nitrogens with one attached hydrogen (secondary N) is 1. The van der Waals surface area contributed by atoms with Gasteiger partial charge in [-0.15, -0.1) is 0 Å². The van der Waals surface area contributed by atoms with Crippen LogP contribution in [0, 0.1) is 5.92 Å². The number of rotatable bonds is 2. The van der Waals surface area contributed by atoms with Crippen molar-refractivity contribution in [1.29, 1.82) is 0 Å². The van der Waals surface area contributed by atoms with E-state index in [0.29, 0.717) is 11.1 Å². The van der Waals surface area contributed by atoms with Gasteiger partial charge in [-0.05, 0) is 18.2 Å². The normalized spacial score (nSPS) is 24.9. The van der Waals surface area contributed by atoms with Gasteiger partial charge in [0.2, 0.25) is 15.9 Å². The monoisotopic (exact) mass is 367 g/mol. The number of hydrogen-bond acceptors (Lipinski definition) is 6. The lowest BCUT2D eigenvalue weighted by atomic mass is 10.1. The van der Waals surface area contributed by atoms with Crippen molar-refractivity contribution in [2.45, 2.75) is 10.9 Å². The first kappa shape index (κ1) is 16.3. The van der Waals surface area contributed by atoms with E-state index < -0.39 is 21.7 Å². The summed E-state index contributed by atoms with van der Waals surface area (Å²) in [5.41, 5.74) is 0.725. The molecule has 0 saturated carbocycles. The lowest BCUT2D eigenvalue weighted by molar-refractivity contribution is -0.125. The zero-order valence-electron chi connectivity index (χ0n) is 13.5. The topological polar surface area (TPSA) is 111 Å². The van der Waals surface area contributed by atoms with Crippen molar-refractivity contribution < 1.29 is 22.4 Å². The molecule has 2 fully saturated rings. The minimum atomic E-state index is -3.82. The second-order valence-corrected chi connectivity index (χ2v) is 8.26. The van der Waals surface area contributed by atoms with E-state index in [4.69, 9.17) is 9.15 Å². The van der Waals surface area contributed by atoms with E-state index >= 15 is 0 Å². The highest BCUT2D eigenvalue weighted by atomic mass is 32.2. The van der Waals surface area contributed by atoms with Crippen LogP contribution in [-0.2, 0) is 26.6 Å². The molecule has 2 saturated heterocycles. The molecule has 1 aromatic carbocycles. The lowest BCUT2D eigenvalue weighted by Gasteiger charge is -2.26. The van der Waals surface area contributed by atoms with Gasteiger partial charge in [0, 0.05) is 20.1 Å². The van der Waals surface area contributed by atoms with Crippen molar-refractivity contribution >= 4 is 27.0 Å². The summed E-state index contributed by atoms with van der Waals surface area (Å²) in [5, 5.41) is 2.81. The van der Waals surface area contributed by atoms with Crippen molar-refractivity contribution in [3.8, 4) is 0 Å². The van der Waals surface area contributed by atoms with Crippen LogP contribution in [-0.4, -0.2) is 55.5 Å². The molecule has 25 heavy (non-hydrogen) atoms. The molecule has 2 bridgehead atoms. The maximum absolute atomic E-state index is 13.1. The molecule has 0 aliphatic carbocycles. The third-order valence-electron chi connectivity index (χ3n) is 4.60. The zero-order valence-corrected chi connectivity index (χ0v) is 14.3. The number of ether oxygens (including phenoxy) is 1. The van der Waals surface area contributed by atoms with E-state index in [-0.39, 0.29) is 43.1 Å². The fraction of sp³-hybridized carbons (Fsp3) is 0.467. The molecule has 4 rings (SSSR count).